The number of carbonyl (C=O) groups excluding carboxylic acids is 2. The SMILES string of the molecule is O=C(OCCc1ccccc1)C1CC(=O)N(CC2CC2)C1. The number of hydrogen-bond acceptors (Lipinski definition) is 3. The van der Waals surface area contributed by atoms with Gasteiger partial charge in [0.05, 0.1) is 12.5 Å². The van der Waals surface area contributed by atoms with Crippen LogP contribution in [0.3, 0.4) is 0 Å². The Morgan fingerprint density at radius 2 is 2.00 bits per heavy atom. The number of esters is 1. The van der Waals surface area contributed by atoms with E-state index in [-0.39, 0.29) is 17.8 Å². The molecule has 4 heteroatoms. The van der Waals surface area contributed by atoms with E-state index in [9.17, 15) is 9.59 Å². The van der Waals surface area contributed by atoms with Crippen molar-refractivity contribution in [1.82, 2.24) is 4.90 Å². The van der Waals surface area contributed by atoms with Gasteiger partial charge in [0.25, 0.3) is 0 Å². The Morgan fingerprint density at radius 1 is 1.24 bits per heavy atom. The third kappa shape index (κ3) is 3.84. The third-order valence-corrected chi connectivity index (χ3v) is 4.20. The number of ether oxygens (including phenoxy) is 1. The predicted octanol–water partition coefficient (Wildman–Crippen LogP) is 2.03. The number of nitrogens with zero attached hydrogens (tertiary/aromatic N) is 1. The molecule has 1 atom stereocenters. The highest BCUT2D eigenvalue weighted by Gasteiger charge is 2.37. The van der Waals surface area contributed by atoms with Crippen molar-refractivity contribution >= 4 is 11.9 Å². The molecule has 0 aromatic heterocycles. The van der Waals surface area contributed by atoms with E-state index < -0.39 is 0 Å². The molecule has 4 nitrogen and oxygen atoms in total. The molecule has 0 radical (unpaired) electrons. The largest absolute Gasteiger partial charge is 0.465 e. The van der Waals surface area contributed by atoms with Crippen molar-refractivity contribution in [2.75, 3.05) is 19.7 Å². The smallest absolute Gasteiger partial charge is 0.311 e. The summed E-state index contributed by atoms with van der Waals surface area (Å²) in [6, 6.07) is 9.95. The van der Waals surface area contributed by atoms with E-state index in [0.717, 1.165) is 18.5 Å². The Kier molecular flexibility index (Phi) is 4.23. The van der Waals surface area contributed by atoms with Gasteiger partial charge < -0.3 is 9.64 Å². The van der Waals surface area contributed by atoms with Crippen LogP contribution in [0.1, 0.15) is 24.8 Å². The average Bonchev–Trinajstić information content (AvgIpc) is 3.23. The molecule has 1 amide bonds. The fourth-order valence-electron chi connectivity index (χ4n) is 2.75. The summed E-state index contributed by atoms with van der Waals surface area (Å²) in [4.78, 5) is 25.7. The summed E-state index contributed by atoms with van der Waals surface area (Å²) in [5.41, 5.74) is 1.16. The van der Waals surface area contributed by atoms with E-state index in [1.165, 1.54) is 12.8 Å². The molecule has 1 aliphatic carbocycles. The summed E-state index contributed by atoms with van der Waals surface area (Å²) in [5, 5.41) is 0. The molecule has 21 heavy (non-hydrogen) atoms. The van der Waals surface area contributed by atoms with Gasteiger partial charge in [-0.3, -0.25) is 9.59 Å². The van der Waals surface area contributed by atoms with Crippen LogP contribution >= 0.6 is 0 Å². The Balaban J connectivity index is 1.42. The summed E-state index contributed by atoms with van der Waals surface area (Å²) < 4.78 is 5.33. The first-order chi connectivity index (χ1) is 10.2. The van der Waals surface area contributed by atoms with Crippen LogP contribution in [0.2, 0.25) is 0 Å². The van der Waals surface area contributed by atoms with Crippen molar-refractivity contribution in [3.05, 3.63) is 35.9 Å². The minimum atomic E-state index is -0.271. The van der Waals surface area contributed by atoms with E-state index in [0.29, 0.717) is 25.5 Å². The standard InChI is InChI=1S/C17H21NO3/c19-16-10-15(12-18(16)11-14-6-7-14)17(20)21-9-8-13-4-2-1-3-5-13/h1-5,14-15H,6-12H2. The topological polar surface area (TPSA) is 46.6 Å². The van der Waals surface area contributed by atoms with Gasteiger partial charge in [-0.1, -0.05) is 30.3 Å². The Labute approximate surface area is 125 Å². The first-order valence-corrected chi connectivity index (χ1v) is 7.70. The highest BCUT2D eigenvalue weighted by molar-refractivity contribution is 5.86. The first kappa shape index (κ1) is 14.1. The van der Waals surface area contributed by atoms with E-state index in [4.69, 9.17) is 4.74 Å². The molecule has 0 spiro atoms. The number of likely N-dealkylation sites (tertiary alicyclic amines) is 1. The fraction of sp³-hybridized carbons (Fsp3) is 0.529. The maximum absolute atomic E-state index is 12.0. The van der Waals surface area contributed by atoms with Gasteiger partial charge in [-0.05, 0) is 24.3 Å². The van der Waals surface area contributed by atoms with Crippen molar-refractivity contribution in [2.24, 2.45) is 11.8 Å². The average molecular weight is 287 g/mol. The molecular weight excluding hydrogens is 266 g/mol. The number of hydrogen-bond donors (Lipinski definition) is 0. The lowest BCUT2D eigenvalue weighted by Gasteiger charge is -2.15. The zero-order valence-corrected chi connectivity index (χ0v) is 12.2. The zero-order chi connectivity index (χ0) is 14.7. The van der Waals surface area contributed by atoms with Gasteiger partial charge >= 0.3 is 5.97 Å². The van der Waals surface area contributed by atoms with Crippen molar-refractivity contribution in [2.45, 2.75) is 25.7 Å². The van der Waals surface area contributed by atoms with Gasteiger partial charge in [-0.2, -0.15) is 0 Å². The number of benzene rings is 1. The fourth-order valence-corrected chi connectivity index (χ4v) is 2.75. The molecule has 1 aliphatic heterocycles. The van der Waals surface area contributed by atoms with Crippen LogP contribution < -0.4 is 0 Å². The van der Waals surface area contributed by atoms with E-state index in [1.54, 1.807) is 0 Å². The Hall–Kier alpha value is -1.84. The molecule has 1 saturated carbocycles. The van der Waals surface area contributed by atoms with Crippen molar-refractivity contribution in [1.29, 1.82) is 0 Å². The van der Waals surface area contributed by atoms with Crippen LogP contribution in [0.15, 0.2) is 30.3 Å². The van der Waals surface area contributed by atoms with Crippen LogP contribution in [-0.4, -0.2) is 36.5 Å². The lowest BCUT2D eigenvalue weighted by atomic mass is 10.1. The summed E-state index contributed by atoms with van der Waals surface area (Å²) >= 11 is 0. The van der Waals surface area contributed by atoms with Gasteiger partial charge in [0.15, 0.2) is 0 Å². The summed E-state index contributed by atoms with van der Waals surface area (Å²) in [6.45, 7) is 1.75. The van der Waals surface area contributed by atoms with Crippen LogP contribution in [0.25, 0.3) is 0 Å². The number of rotatable bonds is 6. The molecule has 1 aromatic carbocycles. The molecule has 3 rings (SSSR count). The second kappa shape index (κ2) is 6.29. The second-order valence-corrected chi connectivity index (χ2v) is 6.05. The van der Waals surface area contributed by atoms with Gasteiger partial charge in [0, 0.05) is 25.9 Å². The van der Waals surface area contributed by atoms with Crippen molar-refractivity contribution in [3.63, 3.8) is 0 Å². The summed E-state index contributed by atoms with van der Waals surface area (Å²) in [5.74, 6) is 0.276. The third-order valence-electron chi connectivity index (χ3n) is 4.20. The zero-order valence-electron chi connectivity index (χ0n) is 12.2. The van der Waals surface area contributed by atoms with Crippen LogP contribution in [-0.2, 0) is 20.7 Å². The molecule has 0 bridgehead atoms. The lowest BCUT2D eigenvalue weighted by Crippen LogP contribution is -2.28. The van der Waals surface area contributed by atoms with Gasteiger partial charge in [-0.15, -0.1) is 0 Å². The molecule has 1 saturated heterocycles. The maximum Gasteiger partial charge on any atom is 0.311 e. The minimum Gasteiger partial charge on any atom is -0.465 e. The van der Waals surface area contributed by atoms with E-state index in [1.807, 2.05) is 35.2 Å². The molecule has 0 N–H and O–H groups in total. The molecular formula is C17H21NO3. The van der Waals surface area contributed by atoms with E-state index >= 15 is 0 Å². The highest BCUT2D eigenvalue weighted by atomic mass is 16.5. The molecule has 2 aliphatic rings. The normalized spacial score (nSPS) is 21.6. The van der Waals surface area contributed by atoms with Gasteiger partial charge in [-0.25, -0.2) is 0 Å². The predicted molar refractivity (Wildman–Crippen MR) is 78.5 cm³/mol. The second-order valence-electron chi connectivity index (χ2n) is 6.05. The highest BCUT2D eigenvalue weighted by Crippen LogP contribution is 2.32. The number of amides is 1. The molecule has 1 aromatic rings. The van der Waals surface area contributed by atoms with Crippen LogP contribution in [0.5, 0.6) is 0 Å². The summed E-state index contributed by atoms with van der Waals surface area (Å²) in [7, 11) is 0. The Morgan fingerprint density at radius 3 is 2.71 bits per heavy atom. The van der Waals surface area contributed by atoms with E-state index in [2.05, 4.69) is 0 Å². The van der Waals surface area contributed by atoms with Crippen molar-refractivity contribution < 1.29 is 14.3 Å². The minimum absolute atomic E-state index is 0.104. The quantitative estimate of drug-likeness (QED) is 0.752. The molecule has 112 valence electrons. The lowest BCUT2D eigenvalue weighted by molar-refractivity contribution is -0.148. The van der Waals surface area contributed by atoms with Gasteiger partial charge in [0.1, 0.15) is 0 Å². The summed E-state index contributed by atoms with van der Waals surface area (Å²) in [6.07, 6.45) is 3.47. The van der Waals surface area contributed by atoms with Gasteiger partial charge in [0.2, 0.25) is 5.91 Å². The Bertz CT molecular complexity index is 510. The van der Waals surface area contributed by atoms with Crippen LogP contribution in [0.4, 0.5) is 0 Å². The van der Waals surface area contributed by atoms with Crippen molar-refractivity contribution in [3.8, 4) is 0 Å². The molecule has 1 unspecified atom stereocenters. The monoisotopic (exact) mass is 287 g/mol. The maximum atomic E-state index is 12.0. The first-order valence-electron chi connectivity index (χ1n) is 7.70. The molecule has 1 heterocycles. The molecule has 2 fully saturated rings. The number of carbonyl (C=O) groups is 2. The van der Waals surface area contributed by atoms with Crippen LogP contribution in [0, 0.1) is 11.8 Å².